The number of aromatic nitrogens is 1. The molecule has 8 heteroatoms. The number of hydrogen-bond donors (Lipinski definition) is 1. The van der Waals surface area contributed by atoms with Gasteiger partial charge in [-0.1, -0.05) is 18.2 Å². The maximum absolute atomic E-state index is 12.6. The molecule has 0 spiro atoms. The van der Waals surface area contributed by atoms with Crippen molar-refractivity contribution in [3.8, 4) is 11.5 Å². The van der Waals surface area contributed by atoms with Gasteiger partial charge in [0.1, 0.15) is 17.2 Å². The third kappa shape index (κ3) is 6.63. The summed E-state index contributed by atoms with van der Waals surface area (Å²) in [6.45, 7) is 6.00. The fraction of sp³-hybridized carbons (Fsp3) is 0.393. The van der Waals surface area contributed by atoms with Crippen molar-refractivity contribution in [3.05, 3.63) is 75.2 Å². The molecule has 190 valence electrons. The highest BCUT2D eigenvalue weighted by Crippen LogP contribution is 2.30. The molecule has 0 unspecified atom stereocenters. The summed E-state index contributed by atoms with van der Waals surface area (Å²) in [5.41, 5.74) is 3.91. The lowest BCUT2D eigenvalue weighted by atomic mass is 9.97. The third-order valence-corrected chi connectivity index (χ3v) is 7.63. The van der Waals surface area contributed by atoms with Gasteiger partial charge in [0.2, 0.25) is 0 Å². The van der Waals surface area contributed by atoms with E-state index in [4.69, 9.17) is 9.47 Å². The van der Waals surface area contributed by atoms with Gasteiger partial charge in [0.25, 0.3) is 11.8 Å². The highest BCUT2D eigenvalue weighted by molar-refractivity contribution is 7.09. The summed E-state index contributed by atoms with van der Waals surface area (Å²) in [4.78, 5) is 31.7. The van der Waals surface area contributed by atoms with Crippen LogP contribution < -0.4 is 14.8 Å². The second-order valence-electron chi connectivity index (χ2n) is 9.12. The lowest BCUT2D eigenvalue weighted by molar-refractivity contribution is -0.134. The number of piperidine rings is 1. The SMILES string of the molecule is COc1cccc(CCNC(=O)c2csc(C3CCN(C(=O)COc4ccc(C)c(C)c4)CC3)n2)c1. The minimum absolute atomic E-state index is 0.00178. The lowest BCUT2D eigenvalue weighted by Gasteiger charge is -2.31. The fourth-order valence-electron chi connectivity index (χ4n) is 4.23. The summed E-state index contributed by atoms with van der Waals surface area (Å²) < 4.78 is 11.0. The number of carbonyl (C=O) groups excluding carboxylic acids is 2. The van der Waals surface area contributed by atoms with E-state index in [1.165, 1.54) is 16.9 Å². The summed E-state index contributed by atoms with van der Waals surface area (Å²) in [7, 11) is 1.64. The zero-order valence-electron chi connectivity index (χ0n) is 21.1. The fourth-order valence-corrected chi connectivity index (χ4v) is 5.21. The van der Waals surface area contributed by atoms with Crippen molar-refractivity contribution in [1.29, 1.82) is 0 Å². The van der Waals surface area contributed by atoms with Crippen LogP contribution in [0.1, 0.15) is 50.9 Å². The summed E-state index contributed by atoms with van der Waals surface area (Å²) in [6.07, 6.45) is 2.39. The Morgan fingerprint density at radius 2 is 1.89 bits per heavy atom. The number of likely N-dealkylation sites (tertiary alicyclic amines) is 1. The lowest BCUT2D eigenvalue weighted by Crippen LogP contribution is -2.40. The van der Waals surface area contributed by atoms with Gasteiger partial charge < -0.3 is 19.7 Å². The molecule has 0 atom stereocenters. The quantitative estimate of drug-likeness (QED) is 0.460. The summed E-state index contributed by atoms with van der Waals surface area (Å²) in [5, 5.41) is 5.74. The molecule has 2 amide bonds. The van der Waals surface area contributed by atoms with Crippen molar-refractivity contribution < 1.29 is 19.1 Å². The van der Waals surface area contributed by atoms with Crippen molar-refractivity contribution in [2.75, 3.05) is 33.4 Å². The van der Waals surface area contributed by atoms with Crippen molar-refractivity contribution in [2.45, 2.75) is 39.0 Å². The number of hydrogen-bond acceptors (Lipinski definition) is 6. The van der Waals surface area contributed by atoms with Gasteiger partial charge >= 0.3 is 0 Å². The first-order valence-corrected chi connectivity index (χ1v) is 13.2. The maximum Gasteiger partial charge on any atom is 0.270 e. The monoisotopic (exact) mass is 507 g/mol. The smallest absolute Gasteiger partial charge is 0.270 e. The number of rotatable bonds is 9. The molecule has 0 radical (unpaired) electrons. The molecule has 1 aromatic heterocycles. The Balaban J connectivity index is 1.21. The largest absolute Gasteiger partial charge is 0.497 e. The number of nitrogens with one attached hydrogen (secondary N) is 1. The van der Waals surface area contributed by atoms with Crippen LogP contribution in [-0.4, -0.2) is 55.0 Å². The van der Waals surface area contributed by atoms with Crippen molar-refractivity contribution >= 4 is 23.2 Å². The zero-order valence-corrected chi connectivity index (χ0v) is 21.9. The van der Waals surface area contributed by atoms with E-state index in [0.717, 1.165) is 46.9 Å². The second-order valence-corrected chi connectivity index (χ2v) is 10.0. The Labute approximate surface area is 216 Å². The summed E-state index contributed by atoms with van der Waals surface area (Å²) >= 11 is 1.52. The van der Waals surface area contributed by atoms with E-state index in [1.807, 2.05) is 59.7 Å². The van der Waals surface area contributed by atoms with E-state index >= 15 is 0 Å². The molecule has 1 aliphatic rings. The van der Waals surface area contributed by atoms with E-state index in [1.54, 1.807) is 7.11 Å². The summed E-state index contributed by atoms with van der Waals surface area (Å²) in [5.74, 6) is 1.64. The normalized spacial score (nSPS) is 13.9. The first kappa shape index (κ1) is 25.7. The molecule has 0 aliphatic carbocycles. The third-order valence-electron chi connectivity index (χ3n) is 6.63. The van der Waals surface area contributed by atoms with Gasteiger partial charge in [0, 0.05) is 30.9 Å². The average molecular weight is 508 g/mol. The number of amides is 2. The van der Waals surface area contributed by atoms with Gasteiger partial charge in [-0.25, -0.2) is 4.98 Å². The van der Waals surface area contributed by atoms with Crippen LogP contribution in [0.5, 0.6) is 11.5 Å². The Morgan fingerprint density at radius 1 is 1.08 bits per heavy atom. The molecule has 1 fully saturated rings. The Kier molecular flexibility index (Phi) is 8.59. The molecule has 1 saturated heterocycles. The van der Waals surface area contributed by atoms with Crippen LogP contribution >= 0.6 is 11.3 Å². The highest BCUT2D eigenvalue weighted by atomic mass is 32.1. The first-order chi connectivity index (χ1) is 17.4. The standard InChI is InChI=1S/C28H33N3O4S/c1-19-7-8-24(15-20(19)2)35-17-26(32)31-13-10-22(11-14-31)28-30-25(18-36-28)27(33)29-12-9-21-5-4-6-23(16-21)34-3/h4-8,15-16,18,22H,9-14,17H2,1-3H3,(H,29,33). The second kappa shape index (κ2) is 12.0. The molecule has 4 rings (SSSR count). The van der Waals surface area contributed by atoms with Gasteiger partial charge in [0.15, 0.2) is 6.61 Å². The van der Waals surface area contributed by atoms with Crippen LogP contribution in [0.15, 0.2) is 47.8 Å². The Morgan fingerprint density at radius 3 is 2.64 bits per heavy atom. The maximum atomic E-state index is 12.6. The highest BCUT2D eigenvalue weighted by Gasteiger charge is 2.26. The Bertz CT molecular complexity index is 1200. The number of benzene rings is 2. The van der Waals surface area contributed by atoms with Crippen LogP contribution in [0.25, 0.3) is 0 Å². The molecular weight excluding hydrogens is 474 g/mol. The van der Waals surface area contributed by atoms with E-state index < -0.39 is 0 Å². The molecule has 1 aliphatic heterocycles. The predicted octanol–water partition coefficient (Wildman–Crippen LogP) is 4.53. The molecule has 0 bridgehead atoms. The van der Waals surface area contributed by atoms with Crippen LogP contribution in [0.4, 0.5) is 0 Å². The van der Waals surface area contributed by atoms with Gasteiger partial charge in [-0.2, -0.15) is 0 Å². The molecular formula is C28H33N3O4S. The van der Waals surface area contributed by atoms with Gasteiger partial charge in [-0.3, -0.25) is 9.59 Å². The number of methoxy groups -OCH3 is 1. The molecule has 7 nitrogen and oxygen atoms in total. The first-order valence-electron chi connectivity index (χ1n) is 12.3. The van der Waals surface area contributed by atoms with Crippen LogP contribution in [0.2, 0.25) is 0 Å². The van der Waals surface area contributed by atoms with Crippen LogP contribution in [-0.2, 0) is 11.2 Å². The number of aryl methyl sites for hydroxylation is 2. The van der Waals surface area contributed by atoms with Gasteiger partial charge in [-0.15, -0.1) is 11.3 Å². The summed E-state index contributed by atoms with van der Waals surface area (Å²) in [6, 6.07) is 13.7. The topological polar surface area (TPSA) is 80.8 Å². The van der Waals surface area contributed by atoms with Crippen molar-refractivity contribution in [2.24, 2.45) is 0 Å². The van der Waals surface area contributed by atoms with E-state index in [-0.39, 0.29) is 24.3 Å². The number of carbonyl (C=O) groups is 2. The number of thiazole rings is 1. The molecule has 2 aromatic carbocycles. The number of nitrogens with zero attached hydrogens (tertiary/aromatic N) is 2. The number of ether oxygens (including phenoxy) is 2. The van der Waals surface area contributed by atoms with Crippen molar-refractivity contribution in [3.63, 3.8) is 0 Å². The molecule has 36 heavy (non-hydrogen) atoms. The van der Waals surface area contributed by atoms with Gasteiger partial charge in [0.05, 0.1) is 12.1 Å². The van der Waals surface area contributed by atoms with E-state index in [9.17, 15) is 9.59 Å². The van der Waals surface area contributed by atoms with Crippen LogP contribution in [0.3, 0.4) is 0 Å². The molecule has 1 N–H and O–H groups in total. The Hall–Kier alpha value is -3.39. The minimum Gasteiger partial charge on any atom is -0.497 e. The molecule has 2 heterocycles. The van der Waals surface area contributed by atoms with E-state index in [0.29, 0.717) is 25.3 Å². The predicted molar refractivity (Wildman–Crippen MR) is 141 cm³/mol. The van der Waals surface area contributed by atoms with Crippen molar-refractivity contribution in [1.82, 2.24) is 15.2 Å². The molecule has 3 aromatic rings. The minimum atomic E-state index is -0.156. The average Bonchev–Trinajstić information content (AvgIpc) is 3.40. The zero-order chi connectivity index (χ0) is 25.5. The van der Waals surface area contributed by atoms with Crippen LogP contribution in [0, 0.1) is 13.8 Å². The molecule has 0 saturated carbocycles. The van der Waals surface area contributed by atoms with Gasteiger partial charge in [-0.05, 0) is 74.1 Å². The van der Waals surface area contributed by atoms with E-state index in [2.05, 4.69) is 17.2 Å².